The fourth-order valence-corrected chi connectivity index (χ4v) is 1.25. The predicted octanol–water partition coefficient (Wildman–Crippen LogP) is 2.16. The van der Waals surface area contributed by atoms with Crippen LogP contribution >= 0.6 is 12.4 Å². The molecule has 1 atom stereocenters. The van der Waals surface area contributed by atoms with Gasteiger partial charge in [-0.05, 0) is 13.0 Å². The Kier molecular flexibility index (Phi) is 6.53. The molecular formula is C11H16ClNO3. The third-order valence-electron chi connectivity index (χ3n) is 1.98. The van der Waals surface area contributed by atoms with Crippen LogP contribution in [0.4, 0.5) is 0 Å². The first kappa shape index (κ1) is 14.7. The van der Waals surface area contributed by atoms with Gasteiger partial charge in [-0.2, -0.15) is 0 Å². The summed E-state index contributed by atoms with van der Waals surface area (Å²) < 4.78 is 10.0. The molecular weight excluding hydrogens is 230 g/mol. The van der Waals surface area contributed by atoms with Gasteiger partial charge in [0.05, 0.1) is 13.7 Å². The second-order valence-electron chi connectivity index (χ2n) is 2.94. The number of nitrogens with one attached hydrogen (secondary N) is 1. The monoisotopic (exact) mass is 245 g/mol. The van der Waals surface area contributed by atoms with Crippen molar-refractivity contribution in [2.45, 2.75) is 13.0 Å². The number of ether oxygens (including phenoxy) is 2. The summed E-state index contributed by atoms with van der Waals surface area (Å²) in [6.45, 7) is 2.38. The Hall–Kier alpha value is -1.26. The minimum atomic E-state index is -1.07. The molecule has 5 heteroatoms. The molecule has 0 aliphatic heterocycles. The molecule has 4 nitrogen and oxygen atoms in total. The van der Waals surface area contributed by atoms with Crippen LogP contribution in [-0.4, -0.2) is 24.7 Å². The van der Waals surface area contributed by atoms with Gasteiger partial charge in [0.1, 0.15) is 5.75 Å². The van der Waals surface area contributed by atoms with Crippen molar-refractivity contribution in [3.8, 4) is 5.75 Å². The number of hydrogen-bond acceptors (Lipinski definition) is 4. The summed E-state index contributed by atoms with van der Waals surface area (Å²) in [6.07, 6.45) is -1.07. The van der Waals surface area contributed by atoms with E-state index in [2.05, 4.69) is 4.74 Å². The maximum atomic E-state index is 9.77. The maximum absolute atomic E-state index is 9.77. The average molecular weight is 246 g/mol. The molecule has 1 aromatic carbocycles. The number of halogens is 1. The van der Waals surface area contributed by atoms with Crippen molar-refractivity contribution in [1.29, 1.82) is 5.41 Å². The number of methoxy groups -OCH3 is 1. The molecule has 0 aromatic heterocycles. The number of rotatable bonds is 4. The molecule has 0 spiro atoms. The van der Waals surface area contributed by atoms with E-state index in [1.54, 1.807) is 18.2 Å². The van der Waals surface area contributed by atoms with Crippen molar-refractivity contribution < 1.29 is 14.6 Å². The summed E-state index contributed by atoms with van der Waals surface area (Å²) in [7, 11) is 1.36. The van der Waals surface area contributed by atoms with Crippen LogP contribution in [0.3, 0.4) is 0 Å². The third kappa shape index (κ3) is 3.40. The molecule has 0 radical (unpaired) electrons. The molecule has 0 fully saturated rings. The van der Waals surface area contributed by atoms with Crippen molar-refractivity contribution in [3.05, 3.63) is 29.8 Å². The molecule has 0 saturated carbocycles. The fraction of sp³-hybridized carbons (Fsp3) is 0.364. The lowest BCUT2D eigenvalue weighted by Crippen LogP contribution is -2.14. The first-order chi connectivity index (χ1) is 7.20. The van der Waals surface area contributed by atoms with Crippen LogP contribution in [0.25, 0.3) is 0 Å². The van der Waals surface area contributed by atoms with Crippen molar-refractivity contribution >= 4 is 18.3 Å². The van der Waals surface area contributed by atoms with Gasteiger partial charge in [0.15, 0.2) is 6.10 Å². The average Bonchev–Trinajstić information content (AvgIpc) is 2.28. The Bertz CT molecular complexity index is 344. The van der Waals surface area contributed by atoms with Crippen molar-refractivity contribution in [3.63, 3.8) is 0 Å². The summed E-state index contributed by atoms with van der Waals surface area (Å²) in [5, 5.41) is 17.1. The van der Waals surface area contributed by atoms with E-state index in [0.29, 0.717) is 17.9 Å². The van der Waals surface area contributed by atoms with Crippen molar-refractivity contribution in [2.75, 3.05) is 13.7 Å². The van der Waals surface area contributed by atoms with E-state index in [4.69, 9.17) is 10.1 Å². The summed E-state index contributed by atoms with van der Waals surface area (Å²) in [5.41, 5.74) is 0.547. The minimum Gasteiger partial charge on any atom is -0.493 e. The van der Waals surface area contributed by atoms with E-state index in [1.807, 2.05) is 13.0 Å². The van der Waals surface area contributed by atoms with E-state index >= 15 is 0 Å². The Labute approximate surface area is 101 Å². The highest BCUT2D eigenvalue weighted by Crippen LogP contribution is 2.25. The van der Waals surface area contributed by atoms with E-state index in [0.717, 1.165) is 0 Å². The van der Waals surface area contributed by atoms with E-state index < -0.39 is 6.10 Å². The summed E-state index contributed by atoms with van der Waals surface area (Å²) in [4.78, 5) is 0. The Balaban J connectivity index is 0.00000225. The number of benzene rings is 1. The zero-order chi connectivity index (χ0) is 11.3. The summed E-state index contributed by atoms with van der Waals surface area (Å²) in [6, 6.07) is 7.07. The van der Waals surface area contributed by atoms with Crippen molar-refractivity contribution in [2.24, 2.45) is 0 Å². The first-order valence-corrected chi connectivity index (χ1v) is 4.73. The van der Waals surface area contributed by atoms with E-state index in [1.165, 1.54) is 7.11 Å². The second-order valence-corrected chi connectivity index (χ2v) is 2.94. The van der Waals surface area contributed by atoms with Crippen LogP contribution in [0.1, 0.15) is 18.6 Å². The van der Waals surface area contributed by atoms with Gasteiger partial charge in [-0.15, -0.1) is 12.4 Å². The molecule has 1 rings (SSSR count). The number of aliphatic hydroxyl groups excluding tert-OH is 1. The molecule has 0 bridgehead atoms. The Morgan fingerprint density at radius 1 is 1.44 bits per heavy atom. The number of para-hydroxylation sites is 1. The van der Waals surface area contributed by atoms with Crippen LogP contribution in [0.5, 0.6) is 5.75 Å². The summed E-state index contributed by atoms with van der Waals surface area (Å²) >= 11 is 0. The maximum Gasteiger partial charge on any atom is 0.214 e. The highest BCUT2D eigenvalue weighted by atomic mass is 35.5. The second kappa shape index (κ2) is 7.09. The zero-order valence-corrected chi connectivity index (χ0v) is 10.1. The van der Waals surface area contributed by atoms with Gasteiger partial charge >= 0.3 is 0 Å². The SMILES string of the molecule is CCOc1ccccc1C(O)C(=N)OC.Cl. The molecule has 0 amide bonds. The quantitative estimate of drug-likeness (QED) is 0.631. The third-order valence-corrected chi connectivity index (χ3v) is 1.98. The first-order valence-electron chi connectivity index (χ1n) is 4.73. The van der Waals surface area contributed by atoms with Crippen LogP contribution in [0.15, 0.2) is 24.3 Å². The molecule has 2 N–H and O–H groups in total. The topological polar surface area (TPSA) is 62.5 Å². The number of hydrogen-bond donors (Lipinski definition) is 2. The lowest BCUT2D eigenvalue weighted by atomic mass is 10.1. The molecule has 0 saturated heterocycles. The van der Waals surface area contributed by atoms with Crippen LogP contribution in [0.2, 0.25) is 0 Å². The molecule has 0 aliphatic rings. The highest BCUT2D eigenvalue weighted by Gasteiger charge is 2.18. The Morgan fingerprint density at radius 3 is 2.62 bits per heavy atom. The molecule has 90 valence electrons. The van der Waals surface area contributed by atoms with Gasteiger partial charge in [0.25, 0.3) is 0 Å². The Morgan fingerprint density at radius 2 is 2.06 bits per heavy atom. The van der Waals surface area contributed by atoms with Crippen LogP contribution < -0.4 is 4.74 Å². The minimum absolute atomic E-state index is 0. The normalized spacial score (nSPS) is 11.2. The van der Waals surface area contributed by atoms with Crippen molar-refractivity contribution in [1.82, 2.24) is 0 Å². The van der Waals surface area contributed by atoms with Crippen LogP contribution in [-0.2, 0) is 4.74 Å². The lowest BCUT2D eigenvalue weighted by molar-refractivity contribution is 0.199. The molecule has 0 heterocycles. The molecule has 16 heavy (non-hydrogen) atoms. The van der Waals surface area contributed by atoms with Gasteiger partial charge in [0.2, 0.25) is 5.90 Å². The van der Waals surface area contributed by atoms with Gasteiger partial charge in [-0.3, -0.25) is 5.41 Å². The fourth-order valence-electron chi connectivity index (χ4n) is 1.25. The highest BCUT2D eigenvalue weighted by molar-refractivity contribution is 5.85. The van der Waals surface area contributed by atoms with E-state index in [9.17, 15) is 5.11 Å². The van der Waals surface area contributed by atoms with Gasteiger partial charge in [0, 0.05) is 5.56 Å². The zero-order valence-electron chi connectivity index (χ0n) is 9.27. The van der Waals surface area contributed by atoms with Gasteiger partial charge < -0.3 is 14.6 Å². The van der Waals surface area contributed by atoms with Gasteiger partial charge in [-0.1, -0.05) is 18.2 Å². The lowest BCUT2D eigenvalue weighted by Gasteiger charge is -2.15. The molecule has 0 aliphatic carbocycles. The molecule has 1 aromatic rings. The largest absolute Gasteiger partial charge is 0.493 e. The van der Waals surface area contributed by atoms with Gasteiger partial charge in [-0.25, -0.2) is 0 Å². The predicted molar refractivity (Wildman–Crippen MR) is 64.6 cm³/mol. The molecule has 1 unspecified atom stereocenters. The standard InChI is InChI=1S/C11H15NO3.ClH/c1-3-15-9-7-5-4-6-8(9)10(13)11(12)14-2;/h4-7,10,12-13H,3H2,1-2H3;1H. The smallest absolute Gasteiger partial charge is 0.214 e. The number of aliphatic hydroxyl groups is 1. The van der Waals surface area contributed by atoms with E-state index in [-0.39, 0.29) is 18.3 Å². The summed E-state index contributed by atoms with van der Waals surface area (Å²) in [5.74, 6) is 0.386. The van der Waals surface area contributed by atoms with Crippen LogP contribution in [0, 0.1) is 5.41 Å².